The first-order valence-electron chi connectivity index (χ1n) is 8.67. The Morgan fingerprint density at radius 3 is 3.33 bits per heavy atom. The Morgan fingerprint density at radius 1 is 1.80 bits per heavy atom. The van der Waals surface area contributed by atoms with Crippen molar-refractivity contribution in [3.63, 3.8) is 0 Å². The summed E-state index contributed by atoms with van der Waals surface area (Å²) in [6.45, 7) is 0.191. The highest BCUT2D eigenvalue weighted by atomic mass is 32.2. The van der Waals surface area contributed by atoms with Gasteiger partial charge in [0.25, 0.3) is 0 Å². The van der Waals surface area contributed by atoms with Gasteiger partial charge in [0.1, 0.15) is 5.83 Å². The van der Waals surface area contributed by atoms with Crippen LogP contribution in [0.25, 0.3) is 0 Å². The molecule has 0 aromatic heterocycles. The SMILES string of the molecule is [2H]C12CC=C(F)C=C1S([2H])([2H])([2H])([2H])C([2H])([2H])C2([2H])CCN(C)C. The van der Waals surface area contributed by atoms with Gasteiger partial charge in [0, 0.05) is 5.48 Å². The number of hydrogen-bond acceptors (Lipinski definition) is 1. The van der Waals surface area contributed by atoms with Crippen molar-refractivity contribution in [2.75, 3.05) is 26.3 Å². The van der Waals surface area contributed by atoms with Crippen LogP contribution in [0.2, 0.25) is 0 Å². The zero-order valence-electron chi connectivity index (χ0n) is 17.0. The molecule has 0 bridgehead atoms. The molecule has 1 heterocycles. The van der Waals surface area contributed by atoms with Gasteiger partial charge in [-0.3, -0.25) is 11.4 Å². The largest absolute Gasteiger partial charge is 0.309 e. The first-order chi connectivity index (χ1) is 9.93. The lowest BCUT2D eigenvalue weighted by molar-refractivity contribution is 0.327. The molecule has 1 fully saturated rings. The Labute approximate surface area is 105 Å². The summed E-state index contributed by atoms with van der Waals surface area (Å²) >= 11 is -6.68. The molecule has 0 saturated carbocycles. The molecule has 2 unspecified atom stereocenters. The number of halogens is 1. The average molecular weight is 239 g/mol. The van der Waals surface area contributed by atoms with Crippen LogP contribution < -0.4 is 0 Å². The molecule has 1 aliphatic heterocycles. The van der Waals surface area contributed by atoms with E-state index in [4.69, 9.17) is 9.98 Å². The maximum absolute atomic E-state index is 13.7. The highest BCUT2D eigenvalue weighted by Crippen LogP contribution is 2.46. The van der Waals surface area contributed by atoms with E-state index in [9.17, 15) is 4.39 Å². The van der Waals surface area contributed by atoms with Crippen LogP contribution in [0.3, 0.4) is 0 Å². The van der Waals surface area contributed by atoms with E-state index in [1.165, 1.54) is 0 Å². The van der Waals surface area contributed by atoms with Crippen molar-refractivity contribution in [2.45, 2.75) is 12.8 Å². The van der Waals surface area contributed by atoms with Gasteiger partial charge in [0.05, 0.1) is 4.50 Å². The minimum Gasteiger partial charge on any atom is -0.309 e. The molecular formula is C12H22FNS. The van der Waals surface area contributed by atoms with E-state index < -0.39 is 46.0 Å². The van der Waals surface area contributed by atoms with Crippen molar-refractivity contribution in [3.8, 4) is 0 Å². The molecule has 0 N–H and O–H groups in total. The molecule has 0 spiro atoms. The maximum Gasteiger partial charge on any atom is 0.119 e. The number of rotatable bonds is 3. The lowest BCUT2D eigenvalue weighted by Crippen LogP contribution is -2.20. The van der Waals surface area contributed by atoms with Crippen LogP contribution >= 0.6 is 11.4 Å². The summed E-state index contributed by atoms with van der Waals surface area (Å²) in [5.41, 5.74) is -3.24. The van der Waals surface area contributed by atoms with Gasteiger partial charge in [-0.05, 0) is 68.0 Å². The van der Waals surface area contributed by atoms with Crippen molar-refractivity contribution >= 4 is 11.4 Å². The van der Waals surface area contributed by atoms with Crippen molar-refractivity contribution < 1.29 is 9.87 Å². The van der Waals surface area contributed by atoms with Crippen LogP contribution in [-0.4, -0.2) is 35.7 Å². The third-order valence-electron chi connectivity index (χ3n) is 2.53. The standard InChI is InChI=1S/C12H22FNS/c1-14(2)6-5-9-8-15-12-7-10(13)3-4-11(9)12/h3,7,9,11H,4-6,8H2,1-2H3,15H4/i8D2,9D,11D,15D4. The second-order valence-electron chi connectivity index (χ2n) is 4.02. The summed E-state index contributed by atoms with van der Waals surface area (Å²) in [5.74, 6) is -5.45. The van der Waals surface area contributed by atoms with Gasteiger partial charge in [0.15, 0.2) is 0 Å². The Bertz CT molecular complexity index is 623. The van der Waals surface area contributed by atoms with Gasteiger partial charge in [0.2, 0.25) is 0 Å². The lowest BCUT2D eigenvalue weighted by Gasteiger charge is -2.22. The third-order valence-corrected chi connectivity index (χ3v) is 3.46. The fourth-order valence-corrected chi connectivity index (χ4v) is 2.61. The van der Waals surface area contributed by atoms with Crippen molar-refractivity contribution in [3.05, 3.63) is 22.9 Å². The normalized spacial score (nSPS) is 65.9. The fraction of sp³-hybridized carbons (Fsp3) is 0.667. The number of allylic oxidation sites excluding steroid dienone is 4. The Balaban J connectivity index is 2.80. The smallest absolute Gasteiger partial charge is 0.119 e. The van der Waals surface area contributed by atoms with E-state index in [0.717, 1.165) is 6.08 Å². The molecule has 2 aliphatic rings. The minimum absolute atomic E-state index is 0.191. The molecule has 2 rings (SSSR count). The van der Waals surface area contributed by atoms with E-state index >= 15 is 0 Å². The summed E-state index contributed by atoms with van der Waals surface area (Å²) < 4.78 is 80.2. The van der Waals surface area contributed by atoms with Gasteiger partial charge in [-0.2, -0.15) is 0 Å². The molecule has 0 aromatic carbocycles. The monoisotopic (exact) mass is 239 g/mol. The second-order valence-corrected chi connectivity index (χ2v) is 4.86. The molecule has 15 heavy (non-hydrogen) atoms. The molecule has 1 nitrogen and oxygen atoms in total. The van der Waals surface area contributed by atoms with E-state index in [-0.39, 0.29) is 13.0 Å². The van der Waals surface area contributed by atoms with Crippen molar-refractivity contribution in [1.29, 1.82) is 4.50 Å². The summed E-state index contributed by atoms with van der Waals surface area (Å²) in [5, 5.41) is 0. The number of hydrogen-bond donors (Lipinski definition) is 0. The Morgan fingerprint density at radius 2 is 2.60 bits per heavy atom. The fourth-order valence-electron chi connectivity index (χ4n) is 1.65. The first-order valence-corrected chi connectivity index (χ1v) is 5.86. The summed E-state index contributed by atoms with van der Waals surface area (Å²) in [6.07, 6.45) is 0.946. The molecule has 0 radical (unpaired) electrons. The quantitative estimate of drug-likeness (QED) is 0.728. The van der Waals surface area contributed by atoms with Crippen LogP contribution in [0.5, 0.6) is 0 Å². The summed E-state index contributed by atoms with van der Waals surface area (Å²) in [7, 11) is 3.39. The van der Waals surface area contributed by atoms with Crippen molar-refractivity contribution in [2.24, 2.45) is 11.8 Å². The van der Waals surface area contributed by atoms with Crippen molar-refractivity contribution in [1.82, 2.24) is 4.90 Å². The topological polar surface area (TPSA) is 3.24 Å². The molecule has 2 atom stereocenters. The third kappa shape index (κ3) is 2.64. The molecule has 0 aromatic rings. The molecule has 0 amide bonds. The van der Waals surface area contributed by atoms with Crippen LogP contribution in [0.1, 0.15) is 18.3 Å². The zero-order chi connectivity index (χ0) is 18.2. The van der Waals surface area contributed by atoms with Crippen LogP contribution in [0.15, 0.2) is 22.9 Å². The highest BCUT2D eigenvalue weighted by molar-refractivity contribution is 8.03. The highest BCUT2D eigenvalue weighted by Gasteiger charge is 2.30. The van der Waals surface area contributed by atoms with Gasteiger partial charge >= 0.3 is 0 Å². The molecular weight excluding hydrogens is 209 g/mol. The van der Waals surface area contributed by atoms with Crippen LogP contribution in [0, 0.1) is 11.8 Å². The second kappa shape index (κ2) is 4.71. The van der Waals surface area contributed by atoms with E-state index in [0.29, 0.717) is 6.08 Å². The summed E-state index contributed by atoms with van der Waals surface area (Å²) in [4.78, 5) is 0.829. The molecule has 1 aliphatic carbocycles. The molecule has 3 heteroatoms. The minimum atomic E-state index is -6.68. The van der Waals surface area contributed by atoms with Crippen LogP contribution in [0.4, 0.5) is 4.39 Å². The zero-order valence-corrected chi connectivity index (χ0v) is 9.83. The van der Waals surface area contributed by atoms with E-state index in [1.54, 1.807) is 19.0 Å². The maximum atomic E-state index is 13.7. The Kier molecular flexibility index (Phi) is 1.54. The van der Waals surface area contributed by atoms with Gasteiger partial charge in [-0.1, -0.05) is 0 Å². The molecule has 88 valence electrons. The lowest BCUT2D eigenvalue weighted by atomic mass is 9.86. The number of fused-ring (bicyclic) bond motifs is 1. The van der Waals surface area contributed by atoms with E-state index in [1.807, 2.05) is 0 Å². The summed E-state index contributed by atoms with van der Waals surface area (Å²) in [6, 6.07) is 0. The van der Waals surface area contributed by atoms with Gasteiger partial charge in [-0.25, -0.2) is 4.39 Å². The first kappa shape index (κ1) is 4.92. The van der Waals surface area contributed by atoms with Crippen LogP contribution in [-0.2, 0) is 0 Å². The average Bonchev–Trinajstić information content (AvgIpc) is 2.41. The number of nitrogens with zero attached hydrogens (tertiary/aromatic N) is 1. The molecule has 1 saturated heterocycles. The Hall–Kier alpha value is -0.280. The van der Waals surface area contributed by atoms with Gasteiger partial charge < -0.3 is 4.90 Å². The predicted molar refractivity (Wildman–Crippen MR) is 70.1 cm³/mol. The van der Waals surface area contributed by atoms with E-state index in [2.05, 4.69) is 0 Å². The predicted octanol–water partition coefficient (Wildman–Crippen LogP) is 1.99. The van der Waals surface area contributed by atoms with Gasteiger partial charge in [-0.15, -0.1) is 0 Å².